The summed E-state index contributed by atoms with van der Waals surface area (Å²) in [6.07, 6.45) is 0.797. The Morgan fingerprint density at radius 1 is 1.53 bits per heavy atom. The third kappa shape index (κ3) is 6.35. The summed E-state index contributed by atoms with van der Waals surface area (Å²) in [5.74, 6) is -3.50. The van der Waals surface area contributed by atoms with Crippen LogP contribution in [0.4, 0.5) is 8.78 Å². The second-order valence-corrected chi connectivity index (χ2v) is 3.41. The zero-order chi connectivity index (χ0) is 11.9. The Bertz CT molecular complexity index is 201. The molecule has 0 aromatic carbocycles. The van der Waals surface area contributed by atoms with Crippen LogP contribution in [0.5, 0.6) is 0 Å². The van der Waals surface area contributed by atoms with E-state index < -0.39 is 25.1 Å². The van der Waals surface area contributed by atoms with Crippen molar-refractivity contribution in [3.8, 4) is 0 Å². The number of carbonyl (C=O) groups is 1. The molecule has 0 aliphatic rings. The van der Waals surface area contributed by atoms with Crippen molar-refractivity contribution in [2.45, 2.75) is 32.2 Å². The molecule has 15 heavy (non-hydrogen) atoms. The van der Waals surface area contributed by atoms with Crippen LogP contribution in [0.1, 0.15) is 20.3 Å². The normalized spacial score (nSPS) is 13.7. The van der Waals surface area contributed by atoms with Crippen molar-refractivity contribution in [2.24, 2.45) is 0 Å². The molecule has 0 heterocycles. The predicted octanol–water partition coefficient (Wildman–Crippen LogP) is 0.118. The van der Waals surface area contributed by atoms with E-state index in [2.05, 4.69) is 10.6 Å². The van der Waals surface area contributed by atoms with Crippen LogP contribution in [0.2, 0.25) is 0 Å². The molecular weight excluding hydrogens is 206 g/mol. The molecule has 0 saturated heterocycles. The molecule has 1 unspecified atom stereocenters. The van der Waals surface area contributed by atoms with Crippen LogP contribution in [-0.2, 0) is 4.79 Å². The minimum absolute atomic E-state index is 0.314. The van der Waals surface area contributed by atoms with Gasteiger partial charge in [-0.3, -0.25) is 4.79 Å². The number of carbonyl (C=O) groups excluding carboxylic acids is 1. The molecule has 0 saturated carbocycles. The minimum Gasteiger partial charge on any atom is -0.390 e. The van der Waals surface area contributed by atoms with Gasteiger partial charge >= 0.3 is 0 Å². The lowest BCUT2D eigenvalue weighted by molar-refractivity contribution is -0.123. The molecule has 0 bridgehead atoms. The first kappa shape index (κ1) is 14.2. The van der Waals surface area contributed by atoms with Crippen LogP contribution in [0.15, 0.2) is 0 Å². The smallest absolute Gasteiger partial charge is 0.282 e. The Hall–Kier alpha value is -0.750. The molecule has 1 atom stereocenters. The van der Waals surface area contributed by atoms with E-state index in [1.165, 1.54) is 6.92 Å². The van der Waals surface area contributed by atoms with Gasteiger partial charge in [-0.2, -0.15) is 0 Å². The Kier molecular flexibility index (Phi) is 6.35. The van der Waals surface area contributed by atoms with Crippen LogP contribution in [0.3, 0.4) is 0 Å². The SMILES string of the molecule is CCCNC(=O)C(C)NCC(F)(F)CO. The van der Waals surface area contributed by atoms with Gasteiger partial charge in [0, 0.05) is 6.54 Å². The number of rotatable bonds is 7. The molecule has 0 rings (SSSR count). The Morgan fingerprint density at radius 3 is 2.60 bits per heavy atom. The molecule has 0 aliphatic carbocycles. The van der Waals surface area contributed by atoms with Crippen LogP contribution in [0.25, 0.3) is 0 Å². The van der Waals surface area contributed by atoms with E-state index in [-0.39, 0.29) is 5.91 Å². The fourth-order valence-corrected chi connectivity index (χ4v) is 0.852. The molecule has 3 N–H and O–H groups in total. The highest BCUT2D eigenvalue weighted by Gasteiger charge is 2.28. The fraction of sp³-hybridized carbons (Fsp3) is 0.889. The molecular formula is C9H18F2N2O2. The average Bonchev–Trinajstić information content (AvgIpc) is 2.22. The molecule has 0 spiro atoms. The zero-order valence-electron chi connectivity index (χ0n) is 9.02. The quantitative estimate of drug-likeness (QED) is 0.575. The van der Waals surface area contributed by atoms with Gasteiger partial charge in [0.15, 0.2) is 0 Å². The van der Waals surface area contributed by atoms with Gasteiger partial charge < -0.3 is 15.7 Å². The first-order valence-electron chi connectivity index (χ1n) is 4.92. The van der Waals surface area contributed by atoms with Gasteiger partial charge in [-0.05, 0) is 13.3 Å². The fourth-order valence-electron chi connectivity index (χ4n) is 0.852. The number of halogens is 2. The lowest BCUT2D eigenvalue weighted by Crippen LogP contribution is -2.47. The van der Waals surface area contributed by atoms with E-state index in [1.807, 2.05) is 6.92 Å². The summed E-state index contributed by atoms with van der Waals surface area (Å²) in [4.78, 5) is 11.2. The number of alkyl halides is 2. The lowest BCUT2D eigenvalue weighted by atomic mass is 10.2. The van der Waals surface area contributed by atoms with Crippen LogP contribution in [0, 0.1) is 0 Å². The van der Waals surface area contributed by atoms with E-state index in [9.17, 15) is 13.6 Å². The maximum absolute atomic E-state index is 12.6. The maximum Gasteiger partial charge on any atom is 0.282 e. The van der Waals surface area contributed by atoms with Crippen molar-refractivity contribution in [1.29, 1.82) is 0 Å². The molecule has 1 amide bonds. The van der Waals surface area contributed by atoms with Crippen molar-refractivity contribution in [3.63, 3.8) is 0 Å². The van der Waals surface area contributed by atoms with Crippen LogP contribution < -0.4 is 10.6 Å². The van der Waals surface area contributed by atoms with Crippen molar-refractivity contribution in [3.05, 3.63) is 0 Å². The second kappa shape index (κ2) is 6.68. The molecule has 4 nitrogen and oxygen atoms in total. The highest BCUT2D eigenvalue weighted by molar-refractivity contribution is 5.81. The zero-order valence-corrected chi connectivity index (χ0v) is 9.02. The molecule has 0 aliphatic heterocycles. The summed E-state index contributed by atoms with van der Waals surface area (Å²) in [7, 11) is 0. The summed E-state index contributed by atoms with van der Waals surface area (Å²) in [5.41, 5.74) is 0. The van der Waals surface area contributed by atoms with E-state index in [4.69, 9.17) is 5.11 Å². The Balaban J connectivity index is 3.82. The summed E-state index contributed by atoms with van der Waals surface area (Å²) >= 11 is 0. The number of nitrogens with one attached hydrogen (secondary N) is 2. The highest BCUT2D eigenvalue weighted by atomic mass is 19.3. The van der Waals surface area contributed by atoms with E-state index >= 15 is 0 Å². The number of aliphatic hydroxyl groups is 1. The van der Waals surface area contributed by atoms with Crippen molar-refractivity contribution in [1.82, 2.24) is 10.6 Å². The monoisotopic (exact) mass is 224 g/mol. The van der Waals surface area contributed by atoms with Gasteiger partial charge in [0.1, 0.15) is 6.61 Å². The lowest BCUT2D eigenvalue weighted by Gasteiger charge is -2.18. The molecule has 0 aromatic heterocycles. The number of hydrogen-bond acceptors (Lipinski definition) is 3. The first-order valence-corrected chi connectivity index (χ1v) is 4.92. The summed E-state index contributed by atoms with van der Waals surface area (Å²) in [6.45, 7) is 2.01. The van der Waals surface area contributed by atoms with Gasteiger partial charge in [-0.15, -0.1) is 0 Å². The topological polar surface area (TPSA) is 61.4 Å². The van der Waals surface area contributed by atoms with Gasteiger partial charge in [-0.25, -0.2) is 8.78 Å². The molecule has 0 aromatic rings. The standard InChI is InChI=1S/C9H18F2N2O2/c1-3-4-12-8(15)7(2)13-5-9(10,11)6-14/h7,13-14H,3-6H2,1-2H3,(H,12,15). The van der Waals surface area contributed by atoms with Crippen molar-refractivity contribution < 1.29 is 18.7 Å². The minimum atomic E-state index is -3.18. The number of hydrogen-bond donors (Lipinski definition) is 3. The van der Waals surface area contributed by atoms with E-state index in [0.29, 0.717) is 6.54 Å². The van der Waals surface area contributed by atoms with Gasteiger partial charge in [0.2, 0.25) is 5.91 Å². The Morgan fingerprint density at radius 2 is 2.13 bits per heavy atom. The molecule has 6 heteroatoms. The third-order valence-corrected chi connectivity index (χ3v) is 1.84. The Labute approximate surface area is 88.0 Å². The summed E-state index contributed by atoms with van der Waals surface area (Å²) in [6, 6.07) is -0.686. The molecule has 0 fully saturated rings. The predicted molar refractivity (Wildman–Crippen MR) is 52.8 cm³/mol. The number of amides is 1. The van der Waals surface area contributed by atoms with Crippen LogP contribution >= 0.6 is 0 Å². The first-order chi connectivity index (χ1) is 6.93. The average molecular weight is 224 g/mol. The maximum atomic E-state index is 12.6. The number of aliphatic hydroxyl groups excluding tert-OH is 1. The van der Waals surface area contributed by atoms with Crippen LogP contribution in [-0.4, -0.2) is 42.7 Å². The van der Waals surface area contributed by atoms with Gasteiger partial charge in [0.25, 0.3) is 5.92 Å². The van der Waals surface area contributed by atoms with E-state index in [1.54, 1.807) is 0 Å². The summed E-state index contributed by atoms with van der Waals surface area (Å²) < 4.78 is 25.2. The third-order valence-electron chi connectivity index (χ3n) is 1.84. The van der Waals surface area contributed by atoms with Crippen molar-refractivity contribution >= 4 is 5.91 Å². The van der Waals surface area contributed by atoms with Gasteiger partial charge in [-0.1, -0.05) is 6.92 Å². The molecule has 0 radical (unpaired) electrons. The largest absolute Gasteiger partial charge is 0.390 e. The summed E-state index contributed by atoms with van der Waals surface area (Å²) in [5, 5.41) is 13.2. The highest BCUT2D eigenvalue weighted by Crippen LogP contribution is 2.09. The van der Waals surface area contributed by atoms with Gasteiger partial charge in [0.05, 0.1) is 12.6 Å². The van der Waals surface area contributed by atoms with E-state index in [0.717, 1.165) is 6.42 Å². The second-order valence-electron chi connectivity index (χ2n) is 3.41. The van der Waals surface area contributed by atoms with Crippen molar-refractivity contribution in [2.75, 3.05) is 19.7 Å². The molecule has 90 valence electrons.